The molecule has 0 bridgehead atoms. The van der Waals surface area contributed by atoms with Gasteiger partial charge in [0, 0.05) is 25.7 Å². The molecule has 0 rings (SSSR count). The molecule has 0 heterocycles. The third-order valence-corrected chi connectivity index (χ3v) is 3.98. The molecular formula is C19H32O8. The van der Waals surface area contributed by atoms with Gasteiger partial charge >= 0.3 is 23.9 Å². The summed E-state index contributed by atoms with van der Waals surface area (Å²) in [6, 6.07) is 0. The number of esters is 2. The average Bonchev–Trinajstić information content (AvgIpc) is 2.59. The van der Waals surface area contributed by atoms with E-state index in [1.807, 2.05) is 0 Å². The summed E-state index contributed by atoms with van der Waals surface area (Å²) in [6.45, 7) is -0.366. The SMILES string of the molecule is O=C(O)CCCCCCCC(=O)OCOC(=O)CCCCCCCC(=O)O. The van der Waals surface area contributed by atoms with Crippen LogP contribution in [0, 0.1) is 0 Å². The van der Waals surface area contributed by atoms with Crippen LogP contribution < -0.4 is 0 Å². The van der Waals surface area contributed by atoms with Crippen molar-refractivity contribution in [3.05, 3.63) is 0 Å². The smallest absolute Gasteiger partial charge is 0.308 e. The van der Waals surface area contributed by atoms with E-state index in [1.165, 1.54) is 0 Å². The molecule has 0 spiro atoms. The minimum atomic E-state index is -0.788. The molecule has 8 heteroatoms. The van der Waals surface area contributed by atoms with Gasteiger partial charge in [-0.25, -0.2) is 0 Å². The van der Waals surface area contributed by atoms with Crippen LogP contribution in [0.1, 0.15) is 89.9 Å². The molecule has 0 amide bonds. The van der Waals surface area contributed by atoms with Crippen LogP contribution in [-0.4, -0.2) is 40.9 Å². The Kier molecular flexibility index (Phi) is 15.9. The highest BCUT2D eigenvalue weighted by molar-refractivity contribution is 5.71. The predicted molar refractivity (Wildman–Crippen MR) is 97.0 cm³/mol. The Bertz CT molecular complexity index is 407. The van der Waals surface area contributed by atoms with Crippen LogP contribution >= 0.6 is 0 Å². The number of carbonyl (C=O) groups is 4. The van der Waals surface area contributed by atoms with Crippen molar-refractivity contribution in [2.24, 2.45) is 0 Å². The highest BCUT2D eigenvalue weighted by atomic mass is 16.7. The molecule has 2 N–H and O–H groups in total. The van der Waals surface area contributed by atoms with Crippen molar-refractivity contribution in [1.82, 2.24) is 0 Å². The van der Waals surface area contributed by atoms with Crippen LogP contribution in [0.15, 0.2) is 0 Å². The molecule has 0 unspecified atom stereocenters. The first-order valence-electron chi connectivity index (χ1n) is 9.66. The van der Waals surface area contributed by atoms with E-state index in [4.69, 9.17) is 19.7 Å². The minimum Gasteiger partial charge on any atom is -0.481 e. The van der Waals surface area contributed by atoms with Crippen LogP contribution in [0.25, 0.3) is 0 Å². The fourth-order valence-corrected chi connectivity index (χ4v) is 2.46. The maximum absolute atomic E-state index is 11.5. The second-order valence-corrected chi connectivity index (χ2v) is 6.47. The molecule has 0 saturated carbocycles. The number of hydrogen-bond donors (Lipinski definition) is 2. The van der Waals surface area contributed by atoms with Crippen LogP contribution in [-0.2, 0) is 28.7 Å². The van der Waals surface area contributed by atoms with Crippen LogP contribution in [0.2, 0.25) is 0 Å². The molecule has 0 fully saturated rings. The van der Waals surface area contributed by atoms with Gasteiger partial charge in [0.25, 0.3) is 0 Å². The molecular weight excluding hydrogens is 356 g/mol. The van der Waals surface area contributed by atoms with E-state index in [0.29, 0.717) is 25.7 Å². The maximum Gasteiger partial charge on any atom is 0.308 e. The Morgan fingerprint density at radius 3 is 1.11 bits per heavy atom. The molecule has 0 aliphatic carbocycles. The molecule has 0 aliphatic rings. The van der Waals surface area contributed by atoms with Crippen molar-refractivity contribution in [1.29, 1.82) is 0 Å². The Hall–Kier alpha value is -2.12. The summed E-state index contributed by atoms with van der Waals surface area (Å²) < 4.78 is 9.68. The van der Waals surface area contributed by atoms with E-state index in [1.54, 1.807) is 0 Å². The summed E-state index contributed by atoms with van der Waals surface area (Å²) in [4.78, 5) is 43.6. The molecule has 0 aromatic rings. The lowest BCUT2D eigenvalue weighted by atomic mass is 10.1. The molecule has 0 aliphatic heterocycles. The number of rotatable bonds is 18. The van der Waals surface area contributed by atoms with Crippen LogP contribution in [0.4, 0.5) is 0 Å². The van der Waals surface area contributed by atoms with E-state index >= 15 is 0 Å². The topological polar surface area (TPSA) is 127 Å². The second kappa shape index (κ2) is 17.3. The molecule has 156 valence electrons. The van der Waals surface area contributed by atoms with E-state index in [-0.39, 0.29) is 32.5 Å². The van der Waals surface area contributed by atoms with Gasteiger partial charge < -0.3 is 19.7 Å². The number of ether oxygens (including phenoxy) is 2. The fraction of sp³-hybridized carbons (Fsp3) is 0.789. The molecule has 0 aromatic carbocycles. The number of carboxylic acids is 2. The van der Waals surface area contributed by atoms with Gasteiger partial charge in [-0.15, -0.1) is 0 Å². The largest absolute Gasteiger partial charge is 0.481 e. The van der Waals surface area contributed by atoms with E-state index in [2.05, 4.69) is 0 Å². The Labute approximate surface area is 160 Å². The zero-order chi connectivity index (χ0) is 20.3. The summed E-state index contributed by atoms with van der Waals surface area (Å²) in [6.07, 6.45) is 8.60. The zero-order valence-corrected chi connectivity index (χ0v) is 16.0. The van der Waals surface area contributed by atoms with E-state index < -0.39 is 23.9 Å². The lowest BCUT2D eigenvalue weighted by molar-refractivity contribution is -0.167. The van der Waals surface area contributed by atoms with Gasteiger partial charge in [-0.1, -0.05) is 38.5 Å². The first-order valence-corrected chi connectivity index (χ1v) is 9.66. The van der Waals surface area contributed by atoms with E-state index in [0.717, 1.165) is 38.5 Å². The van der Waals surface area contributed by atoms with Crippen LogP contribution in [0.5, 0.6) is 0 Å². The van der Waals surface area contributed by atoms with Crippen molar-refractivity contribution in [3.63, 3.8) is 0 Å². The average molecular weight is 388 g/mol. The van der Waals surface area contributed by atoms with Gasteiger partial charge in [0.1, 0.15) is 0 Å². The van der Waals surface area contributed by atoms with Gasteiger partial charge in [0.05, 0.1) is 0 Å². The number of carboxylic acid groups (broad SMARTS) is 2. The zero-order valence-electron chi connectivity index (χ0n) is 16.0. The van der Waals surface area contributed by atoms with Crippen molar-refractivity contribution >= 4 is 23.9 Å². The quantitative estimate of drug-likeness (QED) is 0.207. The molecule has 0 saturated heterocycles. The lowest BCUT2D eigenvalue weighted by Crippen LogP contribution is -2.12. The van der Waals surface area contributed by atoms with Crippen LogP contribution in [0.3, 0.4) is 0 Å². The number of aliphatic carboxylic acids is 2. The highest BCUT2D eigenvalue weighted by Gasteiger charge is 2.06. The van der Waals surface area contributed by atoms with Gasteiger partial charge in [-0.2, -0.15) is 0 Å². The van der Waals surface area contributed by atoms with E-state index in [9.17, 15) is 19.2 Å². The van der Waals surface area contributed by atoms with Gasteiger partial charge in [-0.05, 0) is 25.7 Å². The summed E-state index contributed by atoms with van der Waals surface area (Å²) in [7, 11) is 0. The summed E-state index contributed by atoms with van der Waals surface area (Å²) >= 11 is 0. The molecule has 27 heavy (non-hydrogen) atoms. The predicted octanol–water partition coefficient (Wildman–Crippen LogP) is 3.66. The maximum atomic E-state index is 11.5. The number of unbranched alkanes of at least 4 members (excludes halogenated alkanes) is 8. The van der Waals surface area contributed by atoms with Gasteiger partial charge in [0.2, 0.25) is 6.79 Å². The van der Waals surface area contributed by atoms with Crippen molar-refractivity contribution < 1.29 is 38.9 Å². The summed E-state index contributed by atoms with van der Waals surface area (Å²) in [5, 5.41) is 17.0. The number of carbonyl (C=O) groups excluding carboxylic acids is 2. The minimum absolute atomic E-state index is 0.179. The molecule has 0 radical (unpaired) electrons. The molecule has 0 aromatic heterocycles. The number of hydrogen-bond acceptors (Lipinski definition) is 6. The first kappa shape index (κ1) is 24.9. The Morgan fingerprint density at radius 1 is 0.481 bits per heavy atom. The fourth-order valence-electron chi connectivity index (χ4n) is 2.46. The third kappa shape index (κ3) is 20.0. The lowest BCUT2D eigenvalue weighted by Gasteiger charge is -2.06. The molecule has 0 atom stereocenters. The standard InChI is InChI=1S/C19H32O8/c20-16(21)11-7-3-1-5-9-13-18(24)26-15-27-19(25)14-10-6-2-4-8-12-17(22)23/h1-15H2,(H,20,21)(H,22,23). The van der Waals surface area contributed by atoms with Gasteiger partial charge in [0.15, 0.2) is 0 Å². The normalized spacial score (nSPS) is 10.4. The Balaban J connectivity index is 3.38. The first-order chi connectivity index (χ1) is 12.9. The second-order valence-electron chi connectivity index (χ2n) is 6.47. The third-order valence-electron chi connectivity index (χ3n) is 3.98. The van der Waals surface area contributed by atoms with Gasteiger partial charge in [-0.3, -0.25) is 19.2 Å². The highest BCUT2D eigenvalue weighted by Crippen LogP contribution is 2.09. The summed E-state index contributed by atoms with van der Waals surface area (Å²) in [5.41, 5.74) is 0. The summed E-state index contributed by atoms with van der Waals surface area (Å²) in [5.74, 6) is -2.40. The van der Waals surface area contributed by atoms with Crippen molar-refractivity contribution in [3.8, 4) is 0 Å². The molecule has 8 nitrogen and oxygen atoms in total. The Morgan fingerprint density at radius 2 is 0.778 bits per heavy atom. The van der Waals surface area contributed by atoms with Crippen molar-refractivity contribution in [2.75, 3.05) is 6.79 Å². The monoisotopic (exact) mass is 388 g/mol. The van der Waals surface area contributed by atoms with Crippen molar-refractivity contribution in [2.45, 2.75) is 89.9 Å².